The minimum Gasteiger partial charge on any atom is -0.497 e. The van der Waals surface area contributed by atoms with E-state index in [1.165, 1.54) is 22.5 Å². The average molecular weight is 494 g/mol. The molecule has 1 amide bonds. The second-order valence-electron chi connectivity index (χ2n) is 11.0. The van der Waals surface area contributed by atoms with Crippen molar-refractivity contribution in [2.45, 2.75) is 76.7 Å². The second-order valence-corrected chi connectivity index (χ2v) is 12.3. The molecule has 2 N–H and O–H groups in total. The maximum atomic E-state index is 12.7. The van der Waals surface area contributed by atoms with Gasteiger partial charge < -0.3 is 15.2 Å². The van der Waals surface area contributed by atoms with Gasteiger partial charge in [0.05, 0.1) is 25.2 Å². The third-order valence-electron chi connectivity index (χ3n) is 9.34. The first kappa shape index (κ1) is 24.3. The van der Waals surface area contributed by atoms with Gasteiger partial charge in [-0.15, -0.1) is 11.3 Å². The van der Waals surface area contributed by atoms with Crippen molar-refractivity contribution in [3.05, 3.63) is 40.4 Å². The van der Waals surface area contributed by atoms with E-state index in [-0.39, 0.29) is 23.7 Å². The third kappa shape index (κ3) is 4.15. The first-order chi connectivity index (χ1) is 16.8. The van der Waals surface area contributed by atoms with Crippen LogP contribution in [-0.2, 0) is 11.2 Å². The molecule has 0 spiro atoms. The molecule has 1 heterocycles. The van der Waals surface area contributed by atoms with Gasteiger partial charge in [0.2, 0.25) is 5.91 Å². The largest absolute Gasteiger partial charge is 0.497 e. The van der Waals surface area contributed by atoms with Crippen molar-refractivity contribution in [2.75, 3.05) is 12.4 Å². The summed E-state index contributed by atoms with van der Waals surface area (Å²) in [5, 5.41) is 25.0. The van der Waals surface area contributed by atoms with Gasteiger partial charge in [-0.2, -0.15) is 5.26 Å². The number of aliphatic hydroxyl groups is 1. The number of ether oxygens (including phenoxy) is 1. The lowest BCUT2D eigenvalue weighted by atomic mass is 9.52. The van der Waals surface area contributed by atoms with Gasteiger partial charge >= 0.3 is 0 Å². The molecule has 0 bridgehead atoms. The van der Waals surface area contributed by atoms with E-state index in [1.54, 1.807) is 13.3 Å². The number of aryl methyl sites for hydroxylation is 2. The zero-order valence-electron chi connectivity index (χ0n) is 20.8. The molecular formula is C28H35N3O3S. The Morgan fingerprint density at radius 2 is 2.23 bits per heavy atom. The number of carbonyl (C=O) groups excluding carboxylic acids is 1. The van der Waals surface area contributed by atoms with Crippen LogP contribution in [0.5, 0.6) is 5.75 Å². The van der Waals surface area contributed by atoms with Crippen LogP contribution < -0.4 is 10.1 Å². The zero-order valence-corrected chi connectivity index (χ0v) is 21.7. The van der Waals surface area contributed by atoms with E-state index < -0.39 is 5.60 Å². The Morgan fingerprint density at radius 3 is 2.94 bits per heavy atom. The fourth-order valence-corrected chi connectivity index (χ4v) is 8.42. The Hall–Kier alpha value is -2.43. The molecule has 35 heavy (non-hydrogen) atoms. The highest BCUT2D eigenvalue weighted by Crippen LogP contribution is 2.67. The van der Waals surface area contributed by atoms with E-state index in [1.807, 2.05) is 6.92 Å². The number of fused-ring (bicyclic) bond motifs is 5. The highest BCUT2D eigenvalue weighted by Gasteiger charge is 2.64. The number of nitrogens with zero attached hydrogens (tertiary/aromatic N) is 2. The molecule has 0 radical (unpaired) electrons. The highest BCUT2D eigenvalue weighted by molar-refractivity contribution is 7.15. The summed E-state index contributed by atoms with van der Waals surface area (Å²) in [6.07, 6.45) is 7.68. The van der Waals surface area contributed by atoms with E-state index in [0.29, 0.717) is 35.7 Å². The molecule has 0 saturated heterocycles. The maximum absolute atomic E-state index is 12.7. The molecule has 3 aliphatic rings. The van der Waals surface area contributed by atoms with E-state index in [0.717, 1.165) is 42.7 Å². The van der Waals surface area contributed by atoms with E-state index >= 15 is 0 Å². The summed E-state index contributed by atoms with van der Waals surface area (Å²) in [5.74, 6) is 2.31. The van der Waals surface area contributed by atoms with Crippen molar-refractivity contribution in [2.24, 2.45) is 23.2 Å². The normalized spacial score (nSPS) is 33.2. The first-order valence-electron chi connectivity index (χ1n) is 12.8. The molecule has 2 aromatic rings. The van der Waals surface area contributed by atoms with Crippen LogP contribution in [0.1, 0.15) is 73.8 Å². The topological polar surface area (TPSA) is 95.2 Å². The predicted molar refractivity (Wildman–Crippen MR) is 136 cm³/mol. The molecule has 6 nitrogen and oxygen atoms in total. The Labute approximate surface area is 211 Å². The van der Waals surface area contributed by atoms with Crippen molar-refractivity contribution in [3.8, 4) is 11.8 Å². The van der Waals surface area contributed by atoms with E-state index in [9.17, 15) is 15.2 Å². The molecule has 1 aromatic carbocycles. The van der Waals surface area contributed by atoms with Crippen molar-refractivity contribution in [3.63, 3.8) is 0 Å². The SMILES string of the molecule is COc1ccc2c(c1)CCC1C2CC[C@@]2(C)C1[C@H](CCC(=O)Nc1ncc(C)s1)C[C@]2(O)CC#N. The van der Waals surface area contributed by atoms with Crippen LogP contribution in [0.2, 0.25) is 0 Å². The van der Waals surface area contributed by atoms with Crippen LogP contribution >= 0.6 is 11.3 Å². The number of hydrogen-bond donors (Lipinski definition) is 2. The summed E-state index contributed by atoms with van der Waals surface area (Å²) >= 11 is 1.48. The summed E-state index contributed by atoms with van der Waals surface area (Å²) in [6.45, 7) is 4.19. The van der Waals surface area contributed by atoms with Gasteiger partial charge in [-0.05, 0) is 92.4 Å². The van der Waals surface area contributed by atoms with E-state index in [4.69, 9.17) is 4.74 Å². The van der Waals surface area contributed by atoms with Crippen LogP contribution in [-0.4, -0.2) is 28.7 Å². The predicted octanol–water partition coefficient (Wildman–Crippen LogP) is 5.61. The molecule has 2 fully saturated rings. The molecular weight excluding hydrogens is 458 g/mol. The first-order valence-corrected chi connectivity index (χ1v) is 13.6. The fourth-order valence-electron chi connectivity index (χ4n) is 7.74. The monoisotopic (exact) mass is 493 g/mol. The standard InChI is InChI=1S/C28H35N3O3S/c1-17-16-30-26(35-17)31-24(32)9-5-19-15-28(33,12-13-29)27(2)11-10-22-21-8-6-20(34-3)14-18(21)4-7-23(22)25(19)27/h6,8,14,16,19,22-23,25,33H,4-5,7,9-12,15H2,1-3H3,(H,30,31,32)/t19-,22?,23?,25?,27+,28-/m1/s1. The summed E-state index contributed by atoms with van der Waals surface area (Å²) < 4.78 is 5.47. The number of thiazole rings is 1. The average Bonchev–Trinajstić information content (AvgIpc) is 3.34. The van der Waals surface area contributed by atoms with Gasteiger partial charge in [0.15, 0.2) is 5.13 Å². The summed E-state index contributed by atoms with van der Waals surface area (Å²) in [6, 6.07) is 8.77. The van der Waals surface area contributed by atoms with Gasteiger partial charge in [0.1, 0.15) is 5.75 Å². The quantitative estimate of drug-likeness (QED) is 0.546. The number of carbonyl (C=O) groups is 1. The lowest BCUT2D eigenvalue weighted by Gasteiger charge is -2.53. The number of anilines is 1. The Bertz CT molecular complexity index is 1160. The zero-order chi connectivity index (χ0) is 24.8. The number of hydrogen-bond acceptors (Lipinski definition) is 6. The number of methoxy groups -OCH3 is 1. The molecule has 2 saturated carbocycles. The number of benzene rings is 1. The fraction of sp³-hybridized carbons (Fsp3) is 0.607. The summed E-state index contributed by atoms with van der Waals surface area (Å²) in [7, 11) is 1.71. The van der Waals surface area contributed by atoms with Gasteiger partial charge in [-0.3, -0.25) is 4.79 Å². The minimum absolute atomic E-state index is 0.0229. The number of aromatic nitrogens is 1. The lowest BCUT2D eigenvalue weighted by Crippen LogP contribution is -2.51. The maximum Gasteiger partial charge on any atom is 0.226 e. The Kier molecular flexibility index (Phi) is 6.39. The number of amides is 1. The summed E-state index contributed by atoms with van der Waals surface area (Å²) in [4.78, 5) is 18.1. The molecule has 3 unspecified atom stereocenters. The van der Waals surface area contributed by atoms with Crippen LogP contribution in [0.25, 0.3) is 0 Å². The molecule has 6 atom stereocenters. The summed E-state index contributed by atoms with van der Waals surface area (Å²) in [5.41, 5.74) is 1.51. The molecule has 0 aliphatic heterocycles. The number of nitrogens with one attached hydrogen (secondary N) is 1. The van der Waals surface area contributed by atoms with Gasteiger partial charge in [-0.25, -0.2) is 4.98 Å². The van der Waals surface area contributed by atoms with Crippen LogP contribution in [0, 0.1) is 41.4 Å². The number of nitriles is 1. The minimum atomic E-state index is -0.995. The van der Waals surface area contributed by atoms with Gasteiger partial charge in [0.25, 0.3) is 0 Å². The van der Waals surface area contributed by atoms with Crippen molar-refractivity contribution >= 4 is 22.4 Å². The van der Waals surface area contributed by atoms with E-state index in [2.05, 4.69) is 41.5 Å². The van der Waals surface area contributed by atoms with Crippen molar-refractivity contribution in [1.82, 2.24) is 4.98 Å². The van der Waals surface area contributed by atoms with Crippen LogP contribution in [0.15, 0.2) is 24.4 Å². The van der Waals surface area contributed by atoms with Crippen LogP contribution in [0.4, 0.5) is 5.13 Å². The molecule has 5 rings (SSSR count). The smallest absolute Gasteiger partial charge is 0.226 e. The molecule has 1 aromatic heterocycles. The van der Waals surface area contributed by atoms with Crippen molar-refractivity contribution < 1.29 is 14.6 Å². The lowest BCUT2D eigenvalue weighted by molar-refractivity contribution is -0.116. The second kappa shape index (κ2) is 9.22. The van der Waals surface area contributed by atoms with Gasteiger partial charge in [0, 0.05) is 22.9 Å². The third-order valence-corrected chi connectivity index (χ3v) is 10.2. The molecule has 186 valence electrons. The molecule has 7 heteroatoms. The molecule has 3 aliphatic carbocycles. The van der Waals surface area contributed by atoms with Crippen LogP contribution in [0.3, 0.4) is 0 Å². The number of rotatable bonds is 6. The Balaban J connectivity index is 1.39. The van der Waals surface area contributed by atoms with Gasteiger partial charge in [-0.1, -0.05) is 13.0 Å². The van der Waals surface area contributed by atoms with Crippen molar-refractivity contribution in [1.29, 1.82) is 5.26 Å². The highest BCUT2D eigenvalue weighted by atomic mass is 32.1. The Morgan fingerprint density at radius 1 is 1.40 bits per heavy atom.